The molecule has 2 unspecified atom stereocenters. The first-order valence-corrected chi connectivity index (χ1v) is 5.72. The fraction of sp³-hybridized carbons (Fsp3) is 0.500. The smallest absolute Gasteiger partial charge is 0.272 e. The first kappa shape index (κ1) is 11.9. The van der Waals surface area contributed by atoms with Gasteiger partial charge >= 0.3 is 0 Å². The number of carbonyl (C=O) groups excluding carboxylic acids is 1. The normalized spacial score (nSPS) is 24.7. The summed E-state index contributed by atoms with van der Waals surface area (Å²) in [7, 11) is 0. The molecule has 5 nitrogen and oxygen atoms in total. The van der Waals surface area contributed by atoms with E-state index in [-0.39, 0.29) is 18.1 Å². The zero-order valence-corrected chi connectivity index (χ0v) is 10.1. The number of nitrogens with zero attached hydrogens (tertiary/aromatic N) is 2. The first-order chi connectivity index (χ1) is 8.08. The Morgan fingerprint density at radius 2 is 2.35 bits per heavy atom. The van der Waals surface area contributed by atoms with Gasteiger partial charge in [0.25, 0.3) is 5.91 Å². The molecule has 1 aromatic rings. The fourth-order valence-corrected chi connectivity index (χ4v) is 1.90. The van der Waals surface area contributed by atoms with Crippen LogP contribution in [0.25, 0.3) is 0 Å². The van der Waals surface area contributed by atoms with Crippen LogP contribution in [-0.4, -0.2) is 41.1 Å². The van der Waals surface area contributed by atoms with Gasteiger partial charge in [-0.3, -0.25) is 9.78 Å². The number of amides is 1. The third-order valence-electron chi connectivity index (χ3n) is 2.87. The zero-order chi connectivity index (χ0) is 12.4. The molecule has 92 valence electrons. The van der Waals surface area contributed by atoms with Crippen LogP contribution in [0.4, 0.5) is 5.69 Å². The molecule has 1 fully saturated rings. The Morgan fingerprint density at radius 1 is 1.59 bits per heavy atom. The van der Waals surface area contributed by atoms with Crippen LogP contribution in [0.15, 0.2) is 18.3 Å². The third kappa shape index (κ3) is 2.55. The van der Waals surface area contributed by atoms with Crippen molar-refractivity contribution in [1.82, 2.24) is 9.88 Å². The van der Waals surface area contributed by atoms with E-state index in [1.165, 1.54) is 0 Å². The lowest BCUT2D eigenvalue weighted by Gasteiger charge is -2.36. The molecule has 5 heteroatoms. The Kier molecular flexibility index (Phi) is 3.28. The molecule has 2 N–H and O–H groups in total. The maximum Gasteiger partial charge on any atom is 0.272 e. The summed E-state index contributed by atoms with van der Waals surface area (Å²) in [5, 5.41) is 0. The van der Waals surface area contributed by atoms with Gasteiger partial charge in [0, 0.05) is 18.4 Å². The number of nitrogen functional groups attached to an aromatic ring is 1. The van der Waals surface area contributed by atoms with Gasteiger partial charge in [-0.25, -0.2) is 0 Å². The minimum Gasteiger partial charge on any atom is -0.399 e. The first-order valence-electron chi connectivity index (χ1n) is 5.72. The number of aromatic nitrogens is 1. The van der Waals surface area contributed by atoms with Crippen LogP contribution in [0.2, 0.25) is 0 Å². The molecule has 17 heavy (non-hydrogen) atoms. The molecule has 0 radical (unpaired) electrons. The molecule has 1 saturated heterocycles. The van der Waals surface area contributed by atoms with Crippen molar-refractivity contribution >= 4 is 11.6 Å². The van der Waals surface area contributed by atoms with E-state index in [4.69, 9.17) is 10.5 Å². The highest BCUT2D eigenvalue weighted by Crippen LogP contribution is 2.15. The van der Waals surface area contributed by atoms with Crippen LogP contribution in [0.3, 0.4) is 0 Å². The molecule has 0 saturated carbocycles. The summed E-state index contributed by atoms with van der Waals surface area (Å²) in [4.78, 5) is 18.1. The average Bonchev–Trinajstić information content (AvgIpc) is 2.31. The molecule has 2 atom stereocenters. The standard InChI is InChI=1S/C12H17N3O2/c1-8-7-17-9(2)6-15(8)12(16)11-5-10(13)3-4-14-11/h3-5,8-9H,6-7H2,1-2H3,(H2,13,14). The monoisotopic (exact) mass is 235 g/mol. The van der Waals surface area contributed by atoms with Gasteiger partial charge in [0.1, 0.15) is 5.69 Å². The predicted molar refractivity (Wildman–Crippen MR) is 64.6 cm³/mol. The topological polar surface area (TPSA) is 68.5 Å². The molecule has 1 aromatic heterocycles. The maximum absolute atomic E-state index is 12.3. The van der Waals surface area contributed by atoms with E-state index in [0.29, 0.717) is 24.5 Å². The van der Waals surface area contributed by atoms with Gasteiger partial charge < -0.3 is 15.4 Å². The van der Waals surface area contributed by atoms with Gasteiger partial charge in [-0.2, -0.15) is 0 Å². The maximum atomic E-state index is 12.3. The number of hydrogen-bond donors (Lipinski definition) is 1. The molecular formula is C12H17N3O2. The highest BCUT2D eigenvalue weighted by Gasteiger charge is 2.28. The summed E-state index contributed by atoms with van der Waals surface area (Å²) < 4.78 is 5.49. The van der Waals surface area contributed by atoms with Crippen molar-refractivity contribution in [3.8, 4) is 0 Å². The van der Waals surface area contributed by atoms with Gasteiger partial charge in [0.2, 0.25) is 0 Å². The van der Waals surface area contributed by atoms with Crippen LogP contribution in [0.5, 0.6) is 0 Å². The Morgan fingerprint density at radius 3 is 3.06 bits per heavy atom. The van der Waals surface area contributed by atoms with E-state index < -0.39 is 0 Å². The van der Waals surface area contributed by atoms with E-state index >= 15 is 0 Å². The molecule has 1 aliphatic heterocycles. The van der Waals surface area contributed by atoms with Crippen molar-refractivity contribution in [2.24, 2.45) is 0 Å². The molecular weight excluding hydrogens is 218 g/mol. The molecule has 0 aliphatic carbocycles. The second-order valence-electron chi connectivity index (χ2n) is 4.42. The predicted octanol–water partition coefficient (Wildman–Crippen LogP) is 0.913. The third-order valence-corrected chi connectivity index (χ3v) is 2.87. The number of hydrogen-bond acceptors (Lipinski definition) is 4. The van der Waals surface area contributed by atoms with Crippen LogP contribution < -0.4 is 5.73 Å². The van der Waals surface area contributed by atoms with Gasteiger partial charge in [-0.1, -0.05) is 0 Å². The highest BCUT2D eigenvalue weighted by molar-refractivity contribution is 5.93. The quantitative estimate of drug-likeness (QED) is 0.785. The molecule has 2 heterocycles. The van der Waals surface area contributed by atoms with Crippen molar-refractivity contribution in [2.75, 3.05) is 18.9 Å². The average molecular weight is 235 g/mol. The lowest BCUT2D eigenvalue weighted by Crippen LogP contribution is -2.50. The number of anilines is 1. The van der Waals surface area contributed by atoms with Gasteiger partial charge in [0.05, 0.1) is 18.8 Å². The second kappa shape index (κ2) is 4.71. The summed E-state index contributed by atoms with van der Waals surface area (Å²) in [6.45, 7) is 5.08. The zero-order valence-electron chi connectivity index (χ0n) is 10.1. The van der Waals surface area contributed by atoms with E-state index in [0.717, 1.165) is 0 Å². The minimum atomic E-state index is -0.0834. The fourth-order valence-electron chi connectivity index (χ4n) is 1.90. The number of rotatable bonds is 1. The van der Waals surface area contributed by atoms with Gasteiger partial charge in [-0.15, -0.1) is 0 Å². The minimum absolute atomic E-state index is 0.0659. The van der Waals surface area contributed by atoms with E-state index in [9.17, 15) is 4.79 Å². The van der Waals surface area contributed by atoms with Gasteiger partial charge in [-0.05, 0) is 26.0 Å². The number of pyridine rings is 1. The highest BCUT2D eigenvalue weighted by atomic mass is 16.5. The summed E-state index contributed by atoms with van der Waals surface area (Å²) in [6.07, 6.45) is 1.62. The molecule has 0 spiro atoms. The van der Waals surface area contributed by atoms with E-state index in [2.05, 4.69) is 4.98 Å². The van der Waals surface area contributed by atoms with Crippen molar-refractivity contribution in [2.45, 2.75) is 26.0 Å². The summed E-state index contributed by atoms with van der Waals surface area (Å²) in [5.74, 6) is -0.0834. The van der Waals surface area contributed by atoms with Crippen LogP contribution >= 0.6 is 0 Å². The summed E-state index contributed by atoms with van der Waals surface area (Å²) in [5.41, 5.74) is 6.60. The number of nitrogens with two attached hydrogens (primary N) is 1. The van der Waals surface area contributed by atoms with E-state index in [1.54, 1.807) is 23.2 Å². The molecule has 2 rings (SSSR count). The van der Waals surface area contributed by atoms with Crippen LogP contribution in [0.1, 0.15) is 24.3 Å². The number of carbonyl (C=O) groups is 1. The van der Waals surface area contributed by atoms with Crippen molar-refractivity contribution < 1.29 is 9.53 Å². The molecule has 0 bridgehead atoms. The Bertz CT molecular complexity index is 422. The number of ether oxygens (including phenoxy) is 1. The largest absolute Gasteiger partial charge is 0.399 e. The van der Waals surface area contributed by atoms with Crippen LogP contribution in [0, 0.1) is 0 Å². The number of morpholine rings is 1. The van der Waals surface area contributed by atoms with E-state index in [1.807, 2.05) is 13.8 Å². The second-order valence-corrected chi connectivity index (χ2v) is 4.42. The Labute approximate surface area is 101 Å². The van der Waals surface area contributed by atoms with Gasteiger partial charge in [0.15, 0.2) is 0 Å². The van der Waals surface area contributed by atoms with Crippen molar-refractivity contribution in [1.29, 1.82) is 0 Å². The molecule has 1 aliphatic rings. The molecule has 0 aromatic carbocycles. The van der Waals surface area contributed by atoms with Crippen LogP contribution in [-0.2, 0) is 4.74 Å². The van der Waals surface area contributed by atoms with Crippen molar-refractivity contribution in [3.05, 3.63) is 24.0 Å². The summed E-state index contributed by atoms with van der Waals surface area (Å²) in [6, 6.07) is 3.35. The van der Waals surface area contributed by atoms with Crippen molar-refractivity contribution in [3.63, 3.8) is 0 Å². The SMILES string of the molecule is CC1CN(C(=O)c2cc(N)ccn2)C(C)CO1. The Hall–Kier alpha value is -1.62. The lowest BCUT2D eigenvalue weighted by atomic mass is 10.2. The Balaban J connectivity index is 2.18. The molecule has 1 amide bonds. The lowest BCUT2D eigenvalue weighted by molar-refractivity contribution is -0.0389. The summed E-state index contributed by atoms with van der Waals surface area (Å²) >= 11 is 0.